The third kappa shape index (κ3) is 3.78. The van der Waals surface area contributed by atoms with E-state index in [0.717, 1.165) is 12.1 Å². The lowest BCUT2D eigenvalue weighted by atomic mass is 10.1. The molecule has 0 saturated carbocycles. The molecule has 30 heavy (non-hydrogen) atoms. The average molecular weight is 493 g/mol. The first-order valence-corrected chi connectivity index (χ1v) is 9.76. The van der Waals surface area contributed by atoms with Crippen molar-refractivity contribution in [3.05, 3.63) is 66.9 Å². The second-order valence-electron chi connectivity index (χ2n) is 6.20. The summed E-state index contributed by atoms with van der Waals surface area (Å²) in [4.78, 5) is 50.5. The van der Waals surface area contributed by atoms with Crippen molar-refractivity contribution in [1.29, 1.82) is 0 Å². The average Bonchev–Trinajstić information content (AvgIpc) is 2.98. The molecule has 0 bridgehead atoms. The standard InChI is InChI=1S/C19H10Cl4FNO5/c1-7(19(29)30-6-10(26)8-2-4-9(24)5-3-8)25-17(27)11-12(18(25)28)14(21)16(23)15(22)13(11)20/h2-5,7H,6H2,1H3. The van der Waals surface area contributed by atoms with Gasteiger partial charge in [-0.05, 0) is 31.2 Å². The summed E-state index contributed by atoms with van der Waals surface area (Å²) < 4.78 is 17.9. The first-order valence-electron chi connectivity index (χ1n) is 8.25. The van der Waals surface area contributed by atoms with Crippen molar-refractivity contribution in [3.63, 3.8) is 0 Å². The van der Waals surface area contributed by atoms with Gasteiger partial charge in [-0.3, -0.25) is 19.3 Å². The molecule has 1 atom stereocenters. The van der Waals surface area contributed by atoms with Crippen LogP contribution < -0.4 is 0 Å². The Kier molecular flexibility index (Phi) is 6.38. The molecule has 0 radical (unpaired) electrons. The molecule has 1 unspecified atom stereocenters. The summed E-state index contributed by atoms with van der Waals surface area (Å²) in [7, 11) is 0. The van der Waals surface area contributed by atoms with Crippen molar-refractivity contribution >= 4 is 70.0 Å². The number of carbonyl (C=O) groups excluding carboxylic acids is 4. The van der Waals surface area contributed by atoms with Gasteiger partial charge in [0.15, 0.2) is 12.4 Å². The molecule has 1 aliphatic rings. The lowest BCUT2D eigenvalue weighted by Gasteiger charge is -2.20. The molecule has 0 aromatic heterocycles. The van der Waals surface area contributed by atoms with Gasteiger partial charge in [-0.2, -0.15) is 0 Å². The fourth-order valence-electron chi connectivity index (χ4n) is 2.80. The van der Waals surface area contributed by atoms with Crippen LogP contribution in [0.2, 0.25) is 20.1 Å². The monoisotopic (exact) mass is 491 g/mol. The van der Waals surface area contributed by atoms with Gasteiger partial charge in [-0.1, -0.05) is 46.4 Å². The minimum Gasteiger partial charge on any atom is -0.456 e. The number of benzene rings is 2. The van der Waals surface area contributed by atoms with E-state index in [1.807, 2.05) is 0 Å². The molecule has 6 nitrogen and oxygen atoms in total. The number of hydrogen-bond acceptors (Lipinski definition) is 5. The van der Waals surface area contributed by atoms with Gasteiger partial charge < -0.3 is 4.74 Å². The summed E-state index contributed by atoms with van der Waals surface area (Å²) in [6.45, 7) is 0.564. The van der Waals surface area contributed by atoms with Gasteiger partial charge in [0.05, 0.1) is 31.2 Å². The van der Waals surface area contributed by atoms with Gasteiger partial charge in [0, 0.05) is 5.56 Å². The highest BCUT2D eigenvalue weighted by Crippen LogP contribution is 2.45. The van der Waals surface area contributed by atoms with Crippen LogP contribution in [-0.2, 0) is 9.53 Å². The first-order chi connectivity index (χ1) is 14.1. The number of carbonyl (C=O) groups is 4. The van der Waals surface area contributed by atoms with Gasteiger partial charge in [0.1, 0.15) is 11.9 Å². The number of ketones is 1. The van der Waals surface area contributed by atoms with E-state index in [-0.39, 0.29) is 36.8 Å². The molecule has 2 amide bonds. The van der Waals surface area contributed by atoms with E-state index in [1.165, 1.54) is 19.1 Å². The predicted molar refractivity (Wildman–Crippen MR) is 108 cm³/mol. The summed E-state index contributed by atoms with van der Waals surface area (Å²) in [5.74, 6) is -3.96. The highest BCUT2D eigenvalue weighted by molar-refractivity contribution is 6.55. The van der Waals surface area contributed by atoms with Gasteiger partial charge >= 0.3 is 5.97 Å². The molecule has 0 spiro atoms. The third-order valence-electron chi connectivity index (χ3n) is 4.37. The van der Waals surface area contributed by atoms with Crippen molar-refractivity contribution in [2.45, 2.75) is 13.0 Å². The molecule has 0 N–H and O–H groups in total. The fourth-order valence-corrected chi connectivity index (χ4v) is 3.81. The number of ether oxygens (including phenoxy) is 1. The van der Waals surface area contributed by atoms with E-state index in [9.17, 15) is 23.6 Å². The van der Waals surface area contributed by atoms with E-state index in [0.29, 0.717) is 4.90 Å². The molecule has 0 fully saturated rings. The van der Waals surface area contributed by atoms with Crippen LogP contribution in [0.15, 0.2) is 24.3 Å². The second-order valence-corrected chi connectivity index (χ2v) is 7.71. The van der Waals surface area contributed by atoms with Crippen LogP contribution in [-0.4, -0.2) is 41.1 Å². The van der Waals surface area contributed by atoms with E-state index >= 15 is 0 Å². The highest BCUT2D eigenvalue weighted by Gasteiger charge is 2.45. The van der Waals surface area contributed by atoms with Crippen molar-refractivity contribution in [2.24, 2.45) is 0 Å². The van der Waals surface area contributed by atoms with E-state index in [1.54, 1.807) is 0 Å². The smallest absolute Gasteiger partial charge is 0.329 e. The topological polar surface area (TPSA) is 80.8 Å². The van der Waals surface area contributed by atoms with Crippen LogP contribution in [0.5, 0.6) is 0 Å². The lowest BCUT2D eigenvalue weighted by Crippen LogP contribution is -2.44. The van der Waals surface area contributed by atoms with Crippen molar-refractivity contribution < 1.29 is 28.3 Å². The molecular formula is C19H10Cl4FNO5. The van der Waals surface area contributed by atoms with Crippen LogP contribution in [0, 0.1) is 5.82 Å². The number of amides is 2. The Morgan fingerprint density at radius 3 is 1.87 bits per heavy atom. The normalized spacial score (nSPS) is 14.0. The number of nitrogens with zero attached hydrogens (tertiary/aromatic N) is 1. The van der Waals surface area contributed by atoms with Crippen molar-refractivity contribution in [2.75, 3.05) is 6.61 Å². The molecular weight excluding hydrogens is 483 g/mol. The zero-order valence-corrected chi connectivity index (χ0v) is 18.0. The number of halogens is 5. The number of hydrogen-bond donors (Lipinski definition) is 0. The predicted octanol–water partition coefficient (Wildman–Crippen LogP) is 4.85. The summed E-state index contributed by atoms with van der Waals surface area (Å²) in [5.41, 5.74) is -0.424. The Balaban J connectivity index is 1.78. The maximum Gasteiger partial charge on any atom is 0.329 e. The van der Waals surface area contributed by atoms with E-state index < -0.39 is 42.0 Å². The molecule has 0 aliphatic carbocycles. The maximum atomic E-state index is 12.9. The van der Waals surface area contributed by atoms with Gasteiger partial charge in [-0.15, -0.1) is 0 Å². The van der Waals surface area contributed by atoms with Crippen molar-refractivity contribution in [1.82, 2.24) is 4.90 Å². The van der Waals surface area contributed by atoms with Crippen LogP contribution in [0.1, 0.15) is 38.0 Å². The zero-order valence-electron chi connectivity index (χ0n) is 15.0. The molecule has 2 aromatic rings. The molecule has 156 valence electrons. The summed E-state index contributed by atoms with van der Waals surface area (Å²) in [6.07, 6.45) is 0. The Hall–Kier alpha value is -2.19. The van der Waals surface area contributed by atoms with Gasteiger partial charge in [0.2, 0.25) is 0 Å². The summed E-state index contributed by atoms with van der Waals surface area (Å²) in [6, 6.07) is 3.23. The number of imide groups is 1. The van der Waals surface area contributed by atoms with E-state index in [4.69, 9.17) is 51.1 Å². The summed E-state index contributed by atoms with van der Waals surface area (Å²) in [5, 5.41) is -0.946. The van der Waals surface area contributed by atoms with Gasteiger partial charge in [0.25, 0.3) is 11.8 Å². The fraction of sp³-hybridized carbons (Fsp3) is 0.158. The molecule has 1 aliphatic heterocycles. The quantitative estimate of drug-likeness (QED) is 0.196. The minimum absolute atomic E-state index is 0.125. The minimum atomic E-state index is -1.40. The van der Waals surface area contributed by atoms with Crippen LogP contribution in [0.3, 0.4) is 0 Å². The number of fused-ring (bicyclic) bond motifs is 1. The second kappa shape index (κ2) is 8.51. The van der Waals surface area contributed by atoms with Crippen LogP contribution in [0.25, 0.3) is 0 Å². The van der Waals surface area contributed by atoms with Gasteiger partial charge in [-0.25, -0.2) is 9.18 Å². The molecule has 2 aromatic carbocycles. The Morgan fingerprint density at radius 2 is 1.40 bits per heavy atom. The maximum absolute atomic E-state index is 12.9. The highest BCUT2D eigenvalue weighted by atomic mass is 35.5. The largest absolute Gasteiger partial charge is 0.456 e. The Labute approximate surface area is 189 Å². The van der Waals surface area contributed by atoms with Crippen molar-refractivity contribution in [3.8, 4) is 0 Å². The number of rotatable bonds is 5. The molecule has 11 heteroatoms. The van der Waals surface area contributed by atoms with Crippen LogP contribution in [0.4, 0.5) is 4.39 Å². The molecule has 1 heterocycles. The number of Topliss-reactive ketones (excluding diaryl/α,β-unsaturated/α-hetero) is 1. The van der Waals surface area contributed by atoms with Crippen LogP contribution >= 0.6 is 46.4 Å². The van der Waals surface area contributed by atoms with E-state index in [2.05, 4.69) is 0 Å². The Morgan fingerprint density at radius 1 is 0.933 bits per heavy atom. The SMILES string of the molecule is CC(C(=O)OCC(=O)c1ccc(F)cc1)N1C(=O)c2c(Cl)c(Cl)c(Cl)c(Cl)c2C1=O. The third-order valence-corrected chi connectivity index (χ3v) is 6.17. The Bertz CT molecular complexity index is 1060. The zero-order chi connectivity index (χ0) is 22.3. The summed E-state index contributed by atoms with van der Waals surface area (Å²) >= 11 is 24.0. The lowest BCUT2D eigenvalue weighted by molar-refractivity contribution is -0.146. The first kappa shape index (κ1) is 22.5. The number of esters is 1. The molecule has 0 saturated heterocycles. The molecule has 3 rings (SSSR count).